The van der Waals surface area contributed by atoms with Crippen molar-refractivity contribution in [3.63, 3.8) is 0 Å². The number of carboxylic acids is 1. The van der Waals surface area contributed by atoms with Crippen molar-refractivity contribution in [2.75, 3.05) is 37.6 Å². The molecule has 8 heteroatoms. The molecule has 7 nitrogen and oxygen atoms in total. The van der Waals surface area contributed by atoms with Gasteiger partial charge in [-0.1, -0.05) is 0 Å². The molecule has 2 rings (SSSR count). The number of urea groups is 1. The predicted octanol–water partition coefficient (Wildman–Crippen LogP) is 0.449. The Morgan fingerprint density at radius 1 is 1.37 bits per heavy atom. The number of carbonyl (C=O) groups excluding carboxylic acids is 1. The first-order chi connectivity index (χ1) is 9.16. The van der Waals surface area contributed by atoms with Gasteiger partial charge in [-0.3, -0.25) is 4.79 Å². The third-order valence-corrected chi connectivity index (χ3v) is 3.70. The summed E-state index contributed by atoms with van der Waals surface area (Å²) in [6.07, 6.45) is 1.72. The van der Waals surface area contributed by atoms with E-state index in [0.717, 1.165) is 18.2 Å². The van der Waals surface area contributed by atoms with Gasteiger partial charge in [0.1, 0.15) is 0 Å². The fourth-order valence-corrected chi connectivity index (χ4v) is 2.56. The lowest BCUT2D eigenvalue weighted by Crippen LogP contribution is -2.52. The molecule has 19 heavy (non-hydrogen) atoms. The molecule has 0 spiro atoms. The molecular formula is C11H16N4O3S. The third kappa shape index (κ3) is 3.82. The van der Waals surface area contributed by atoms with E-state index in [9.17, 15) is 9.59 Å². The maximum absolute atomic E-state index is 11.8. The zero-order valence-electron chi connectivity index (χ0n) is 10.4. The summed E-state index contributed by atoms with van der Waals surface area (Å²) in [4.78, 5) is 30.2. The molecule has 0 aromatic carbocycles. The van der Waals surface area contributed by atoms with Crippen LogP contribution in [0.1, 0.15) is 6.42 Å². The number of thiazole rings is 1. The Morgan fingerprint density at radius 2 is 2.11 bits per heavy atom. The maximum Gasteiger partial charge on any atom is 0.317 e. The SMILES string of the molecule is O=C(O)CCNC(=O)N1CCN(c2nccs2)CC1. The van der Waals surface area contributed by atoms with Gasteiger partial charge in [0.15, 0.2) is 5.13 Å². The Morgan fingerprint density at radius 3 is 2.68 bits per heavy atom. The molecule has 1 aromatic rings. The monoisotopic (exact) mass is 284 g/mol. The second-order valence-electron chi connectivity index (χ2n) is 4.16. The summed E-state index contributed by atoms with van der Waals surface area (Å²) < 4.78 is 0. The standard InChI is InChI=1S/C11H16N4O3S/c16-9(17)1-2-12-10(18)14-4-6-15(7-5-14)11-13-3-8-19-11/h3,8H,1-2,4-7H2,(H,12,18)(H,16,17). The van der Waals surface area contributed by atoms with E-state index >= 15 is 0 Å². The number of nitrogens with zero attached hydrogens (tertiary/aromatic N) is 3. The summed E-state index contributed by atoms with van der Waals surface area (Å²) in [7, 11) is 0. The molecular weight excluding hydrogens is 268 g/mol. The summed E-state index contributed by atoms with van der Waals surface area (Å²) >= 11 is 1.59. The summed E-state index contributed by atoms with van der Waals surface area (Å²) in [5.74, 6) is -0.908. The smallest absolute Gasteiger partial charge is 0.317 e. The van der Waals surface area contributed by atoms with Crippen LogP contribution < -0.4 is 10.2 Å². The van der Waals surface area contributed by atoms with E-state index in [1.165, 1.54) is 0 Å². The highest BCUT2D eigenvalue weighted by Crippen LogP contribution is 2.18. The number of piperazine rings is 1. The summed E-state index contributed by atoms with van der Waals surface area (Å²) in [5, 5.41) is 14.0. The molecule has 0 radical (unpaired) electrons. The molecule has 2 N–H and O–H groups in total. The number of carbonyl (C=O) groups is 2. The normalized spacial score (nSPS) is 15.4. The fraction of sp³-hybridized carbons (Fsp3) is 0.545. The van der Waals surface area contributed by atoms with Crippen molar-refractivity contribution in [1.82, 2.24) is 15.2 Å². The lowest BCUT2D eigenvalue weighted by molar-refractivity contribution is -0.136. The van der Waals surface area contributed by atoms with E-state index < -0.39 is 5.97 Å². The fourth-order valence-electron chi connectivity index (χ4n) is 1.86. The molecule has 104 valence electrons. The molecule has 0 atom stereocenters. The van der Waals surface area contributed by atoms with Crippen molar-refractivity contribution in [3.05, 3.63) is 11.6 Å². The van der Waals surface area contributed by atoms with Crippen LogP contribution in [0.4, 0.5) is 9.93 Å². The Labute approximate surface area is 114 Å². The number of anilines is 1. The molecule has 1 saturated heterocycles. The van der Waals surface area contributed by atoms with Crippen molar-refractivity contribution in [2.24, 2.45) is 0 Å². The van der Waals surface area contributed by atoms with E-state index in [0.29, 0.717) is 13.1 Å². The lowest BCUT2D eigenvalue weighted by atomic mass is 10.3. The van der Waals surface area contributed by atoms with Crippen LogP contribution in [0.3, 0.4) is 0 Å². The van der Waals surface area contributed by atoms with E-state index in [1.807, 2.05) is 5.38 Å². The van der Waals surface area contributed by atoms with Gasteiger partial charge in [0, 0.05) is 44.3 Å². The first-order valence-electron chi connectivity index (χ1n) is 6.06. The Balaban J connectivity index is 1.73. The van der Waals surface area contributed by atoms with Gasteiger partial charge in [-0.15, -0.1) is 11.3 Å². The highest BCUT2D eigenvalue weighted by molar-refractivity contribution is 7.13. The summed E-state index contributed by atoms with van der Waals surface area (Å²) in [6, 6.07) is -0.194. The third-order valence-electron chi connectivity index (χ3n) is 2.87. The van der Waals surface area contributed by atoms with Crippen molar-refractivity contribution >= 4 is 28.5 Å². The minimum absolute atomic E-state index is 0.0508. The van der Waals surface area contributed by atoms with Crippen molar-refractivity contribution in [2.45, 2.75) is 6.42 Å². The second-order valence-corrected chi connectivity index (χ2v) is 5.04. The van der Waals surface area contributed by atoms with Crippen LogP contribution in [0.2, 0.25) is 0 Å². The average molecular weight is 284 g/mol. The highest BCUT2D eigenvalue weighted by atomic mass is 32.1. The molecule has 1 aliphatic rings. The Bertz CT molecular complexity index is 429. The van der Waals surface area contributed by atoms with Crippen LogP contribution in [0.5, 0.6) is 0 Å². The molecule has 0 aliphatic carbocycles. The predicted molar refractivity (Wildman–Crippen MR) is 71.6 cm³/mol. The van der Waals surface area contributed by atoms with Gasteiger partial charge in [-0.2, -0.15) is 0 Å². The van der Waals surface area contributed by atoms with E-state index in [-0.39, 0.29) is 19.0 Å². The molecule has 1 aliphatic heterocycles. The van der Waals surface area contributed by atoms with Gasteiger partial charge in [0.25, 0.3) is 0 Å². The van der Waals surface area contributed by atoms with E-state index in [2.05, 4.69) is 15.2 Å². The molecule has 1 aromatic heterocycles. The number of amides is 2. The van der Waals surface area contributed by atoms with Gasteiger partial charge in [-0.25, -0.2) is 9.78 Å². The van der Waals surface area contributed by atoms with Crippen LogP contribution in [0.25, 0.3) is 0 Å². The number of aliphatic carboxylic acids is 1. The zero-order valence-corrected chi connectivity index (χ0v) is 11.2. The van der Waals surface area contributed by atoms with E-state index in [1.54, 1.807) is 22.4 Å². The number of rotatable bonds is 4. The Kier molecular flexibility index (Phi) is 4.56. The van der Waals surface area contributed by atoms with Crippen LogP contribution in [-0.2, 0) is 4.79 Å². The molecule has 1 fully saturated rings. The van der Waals surface area contributed by atoms with Gasteiger partial charge in [0.05, 0.1) is 6.42 Å². The van der Waals surface area contributed by atoms with Crippen LogP contribution in [0.15, 0.2) is 11.6 Å². The summed E-state index contributed by atoms with van der Waals surface area (Å²) in [5.41, 5.74) is 0. The summed E-state index contributed by atoms with van der Waals surface area (Å²) in [6.45, 7) is 2.91. The topological polar surface area (TPSA) is 85.8 Å². The largest absolute Gasteiger partial charge is 0.481 e. The molecule has 0 bridgehead atoms. The number of hydrogen-bond acceptors (Lipinski definition) is 5. The van der Waals surface area contributed by atoms with Crippen LogP contribution >= 0.6 is 11.3 Å². The number of aromatic nitrogens is 1. The van der Waals surface area contributed by atoms with Crippen molar-refractivity contribution in [3.8, 4) is 0 Å². The first kappa shape index (κ1) is 13.6. The second kappa shape index (κ2) is 6.37. The van der Waals surface area contributed by atoms with Crippen molar-refractivity contribution in [1.29, 1.82) is 0 Å². The van der Waals surface area contributed by atoms with Gasteiger partial charge < -0.3 is 20.2 Å². The average Bonchev–Trinajstić information content (AvgIpc) is 2.92. The number of hydrogen-bond donors (Lipinski definition) is 2. The van der Waals surface area contributed by atoms with Crippen LogP contribution in [0, 0.1) is 0 Å². The number of nitrogens with one attached hydrogen (secondary N) is 1. The molecule has 0 unspecified atom stereocenters. The quantitative estimate of drug-likeness (QED) is 0.838. The Hall–Kier alpha value is -1.83. The molecule has 0 saturated carbocycles. The first-order valence-corrected chi connectivity index (χ1v) is 6.94. The maximum atomic E-state index is 11.8. The van der Waals surface area contributed by atoms with Crippen LogP contribution in [-0.4, -0.2) is 59.7 Å². The van der Waals surface area contributed by atoms with Crippen molar-refractivity contribution < 1.29 is 14.7 Å². The molecule has 2 amide bonds. The van der Waals surface area contributed by atoms with Gasteiger partial charge in [0.2, 0.25) is 0 Å². The van der Waals surface area contributed by atoms with Gasteiger partial charge in [-0.05, 0) is 0 Å². The molecule has 2 heterocycles. The zero-order chi connectivity index (χ0) is 13.7. The highest BCUT2D eigenvalue weighted by Gasteiger charge is 2.21. The lowest BCUT2D eigenvalue weighted by Gasteiger charge is -2.34. The number of carboxylic acid groups (broad SMARTS) is 1. The minimum Gasteiger partial charge on any atom is -0.481 e. The van der Waals surface area contributed by atoms with E-state index in [4.69, 9.17) is 5.11 Å². The minimum atomic E-state index is -0.908. The van der Waals surface area contributed by atoms with Gasteiger partial charge >= 0.3 is 12.0 Å².